The molecule has 1 saturated heterocycles. The Kier molecular flexibility index (Phi) is 3.68. The van der Waals surface area contributed by atoms with E-state index >= 15 is 0 Å². The Morgan fingerprint density at radius 1 is 0.889 bits per heavy atom. The minimum atomic E-state index is 0.943. The van der Waals surface area contributed by atoms with Crippen molar-refractivity contribution in [3.05, 3.63) is 13.1 Å². The molecule has 52 valence electrons. The standard InChI is InChI=1S/C6H13N3/c1-2-8-5-6-9-4-3-7-1/h1,3,7-9H,2,4-6H2. The molecule has 0 aliphatic carbocycles. The highest BCUT2D eigenvalue weighted by Gasteiger charge is 1.92. The summed E-state index contributed by atoms with van der Waals surface area (Å²) in [6.45, 7) is 7.99. The molecule has 1 heterocycles. The fraction of sp³-hybridized carbons (Fsp3) is 0.667. The van der Waals surface area contributed by atoms with Gasteiger partial charge in [0.25, 0.3) is 0 Å². The Balaban J connectivity index is 2.02. The van der Waals surface area contributed by atoms with Crippen LogP contribution in [0.4, 0.5) is 0 Å². The minimum Gasteiger partial charge on any atom is -0.314 e. The molecule has 0 aromatic carbocycles. The highest BCUT2D eigenvalue weighted by Crippen LogP contribution is 1.74. The first kappa shape index (κ1) is 6.99. The molecule has 1 aliphatic rings. The van der Waals surface area contributed by atoms with Crippen LogP contribution in [0.5, 0.6) is 0 Å². The topological polar surface area (TPSA) is 36.1 Å². The zero-order valence-corrected chi connectivity index (χ0v) is 5.48. The maximum absolute atomic E-state index is 3.23. The Morgan fingerprint density at radius 3 is 2.00 bits per heavy atom. The zero-order valence-electron chi connectivity index (χ0n) is 5.48. The predicted octanol–water partition coefficient (Wildman–Crippen LogP) is -0.908. The van der Waals surface area contributed by atoms with Crippen LogP contribution in [0.2, 0.25) is 0 Å². The normalized spacial score (nSPS) is 24.0. The molecule has 0 amide bonds. The SMILES string of the molecule is [CH]1CNCCNC[CH]N1. The maximum atomic E-state index is 3.23. The fourth-order valence-electron chi connectivity index (χ4n) is 0.726. The van der Waals surface area contributed by atoms with Crippen molar-refractivity contribution in [2.45, 2.75) is 0 Å². The van der Waals surface area contributed by atoms with E-state index in [0.717, 1.165) is 26.2 Å². The van der Waals surface area contributed by atoms with Crippen LogP contribution in [0.3, 0.4) is 0 Å². The van der Waals surface area contributed by atoms with Crippen molar-refractivity contribution in [1.82, 2.24) is 16.0 Å². The second kappa shape index (κ2) is 4.73. The molecule has 2 radical (unpaired) electrons. The molecule has 3 N–H and O–H groups in total. The molecule has 0 unspecified atom stereocenters. The van der Waals surface area contributed by atoms with Gasteiger partial charge in [-0.25, -0.2) is 0 Å². The highest BCUT2D eigenvalue weighted by molar-refractivity contribution is 4.76. The minimum absolute atomic E-state index is 0.943. The van der Waals surface area contributed by atoms with Gasteiger partial charge in [0.1, 0.15) is 0 Å². The van der Waals surface area contributed by atoms with Gasteiger partial charge in [0.15, 0.2) is 0 Å². The average molecular weight is 127 g/mol. The third-order valence-electron chi connectivity index (χ3n) is 1.21. The highest BCUT2D eigenvalue weighted by atomic mass is 15.0. The van der Waals surface area contributed by atoms with Crippen LogP contribution in [0, 0.1) is 13.1 Å². The number of rotatable bonds is 0. The van der Waals surface area contributed by atoms with Gasteiger partial charge in [0.05, 0.1) is 0 Å². The summed E-state index contributed by atoms with van der Waals surface area (Å²) in [4.78, 5) is 0. The lowest BCUT2D eigenvalue weighted by molar-refractivity contribution is 0.666. The molecule has 3 heteroatoms. The molecule has 0 bridgehead atoms. The Morgan fingerprint density at radius 2 is 1.44 bits per heavy atom. The van der Waals surface area contributed by atoms with Crippen molar-refractivity contribution in [2.24, 2.45) is 0 Å². The first-order valence-corrected chi connectivity index (χ1v) is 3.31. The Hall–Kier alpha value is -0.120. The third-order valence-corrected chi connectivity index (χ3v) is 1.21. The first-order chi connectivity index (χ1) is 4.50. The van der Waals surface area contributed by atoms with Gasteiger partial charge in [-0.2, -0.15) is 0 Å². The van der Waals surface area contributed by atoms with Crippen LogP contribution >= 0.6 is 0 Å². The van der Waals surface area contributed by atoms with E-state index in [2.05, 4.69) is 16.0 Å². The lowest BCUT2D eigenvalue weighted by Crippen LogP contribution is -2.26. The molecule has 0 aromatic rings. The molecule has 0 spiro atoms. The maximum Gasteiger partial charge on any atom is 0.0362 e. The monoisotopic (exact) mass is 127 g/mol. The third kappa shape index (κ3) is 3.46. The van der Waals surface area contributed by atoms with Gasteiger partial charge in [0.2, 0.25) is 0 Å². The van der Waals surface area contributed by atoms with E-state index in [9.17, 15) is 0 Å². The van der Waals surface area contributed by atoms with E-state index in [-0.39, 0.29) is 0 Å². The Labute approximate surface area is 56.2 Å². The quantitative estimate of drug-likeness (QED) is 0.394. The van der Waals surface area contributed by atoms with Crippen molar-refractivity contribution < 1.29 is 0 Å². The molecule has 3 nitrogen and oxygen atoms in total. The van der Waals surface area contributed by atoms with Crippen LogP contribution in [0.15, 0.2) is 0 Å². The van der Waals surface area contributed by atoms with E-state index in [1.807, 2.05) is 13.1 Å². The Bertz CT molecular complexity index is 36.8. The molecule has 1 aliphatic heterocycles. The summed E-state index contributed by atoms with van der Waals surface area (Å²) in [5.41, 5.74) is 0. The molecule has 0 aromatic heterocycles. The van der Waals surface area contributed by atoms with Crippen LogP contribution < -0.4 is 16.0 Å². The van der Waals surface area contributed by atoms with Gasteiger partial charge in [0, 0.05) is 39.3 Å². The average Bonchev–Trinajstić information content (AvgIpc) is 2.00. The van der Waals surface area contributed by atoms with Crippen LogP contribution in [0.1, 0.15) is 0 Å². The van der Waals surface area contributed by atoms with Crippen molar-refractivity contribution in [3.8, 4) is 0 Å². The summed E-state index contributed by atoms with van der Waals surface area (Å²) in [6.07, 6.45) is 0. The second-order valence-corrected chi connectivity index (χ2v) is 1.98. The smallest absolute Gasteiger partial charge is 0.0362 e. The summed E-state index contributed by atoms with van der Waals surface area (Å²) < 4.78 is 0. The molecule has 1 fully saturated rings. The molecule has 0 atom stereocenters. The molecular weight excluding hydrogens is 114 g/mol. The van der Waals surface area contributed by atoms with E-state index in [1.54, 1.807) is 0 Å². The summed E-state index contributed by atoms with van der Waals surface area (Å²) in [6, 6.07) is 0. The van der Waals surface area contributed by atoms with E-state index < -0.39 is 0 Å². The van der Waals surface area contributed by atoms with Crippen molar-refractivity contribution in [1.29, 1.82) is 0 Å². The first-order valence-electron chi connectivity index (χ1n) is 3.31. The molecule has 1 rings (SSSR count). The van der Waals surface area contributed by atoms with Crippen molar-refractivity contribution in [3.63, 3.8) is 0 Å². The number of nitrogens with one attached hydrogen (secondary N) is 3. The van der Waals surface area contributed by atoms with Gasteiger partial charge in [-0.15, -0.1) is 0 Å². The van der Waals surface area contributed by atoms with Gasteiger partial charge < -0.3 is 16.0 Å². The summed E-state index contributed by atoms with van der Waals surface area (Å²) in [5, 5.41) is 9.51. The van der Waals surface area contributed by atoms with E-state index in [0.29, 0.717) is 0 Å². The fourth-order valence-corrected chi connectivity index (χ4v) is 0.726. The van der Waals surface area contributed by atoms with E-state index in [1.165, 1.54) is 0 Å². The summed E-state index contributed by atoms with van der Waals surface area (Å²) in [7, 11) is 0. The second-order valence-electron chi connectivity index (χ2n) is 1.98. The van der Waals surface area contributed by atoms with Crippen molar-refractivity contribution in [2.75, 3.05) is 26.2 Å². The lowest BCUT2D eigenvalue weighted by atomic mass is 10.6. The zero-order chi connectivity index (χ0) is 6.36. The molecule has 9 heavy (non-hydrogen) atoms. The lowest BCUT2D eigenvalue weighted by Gasteiger charge is -1.98. The summed E-state index contributed by atoms with van der Waals surface area (Å²) >= 11 is 0. The van der Waals surface area contributed by atoms with Crippen LogP contribution in [0.25, 0.3) is 0 Å². The van der Waals surface area contributed by atoms with Crippen molar-refractivity contribution >= 4 is 0 Å². The van der Waals surface area contributed by atoms with Crippen LogP contribution in [-0.4, -0.2) is 26.2 Å². The number of hydrogen-bond acceptors (Lipinski definition) is 3. The van der Waals surface area contributed by atoms with E-state index in [4.69, 9.17) is 0 Å². The van der Waals surface area contributed by atoms with Crippen LogP contribution in [-0.2, 0) is 0 Å². The predicted molar refractivity (Wildman–Crippen MR) is 37.5 cm³/mol. The van der Waals surface area contributed by atoms with Gasteiger partial charge in [-0.1, -0.05) is 0 Å². The summed E-state index contributed by atoms with van der Waals surface area (Å²) in [5.74, 6) is 0. The number of hydrogen-bond donors (Lipinski definition) is 3. The van der Waals surface area contributed by atoms with Gasteiger partial charge in [-0.05, 0) is 0 Å². The molecular formula is C6H13N3. The van der Waals surface area contributed by atoms with Gasteiger partial charge in [-0.3, -0.25) is 0 Å². The largest absolute Gasteiger partial charge is 0.314 e. The van der Waals surface area contributed by atoms with Gasteiger partial charge >= 0.3 is 0 Å². The molecule has 0 saturated carbocycles.